The first-order chi connectivity index (χ1) is 13.6. The van der Waals surface area contributed by atoms with Gasteiger partial charge in [0, 0.05) is 21.9 Å². The second-order valence-electron chi connectivity index (χ2n) is 7.60. The molecule has 144 valence electrons. The molecule has 0 unspecified atom stereocenters. The van der Waals surface area contributed by atoms with Gasteiger partial charge in [-0.15, -0.1) is 0 Å². The van der Waals surface area contributed by atoms with E-state index in [1.54, 1.807) is 7.11 Å². The number of methoxy groups -OCH3 is 1. The van der Waals surface area contributed by atoms with Gasteiger partial charge in [0.2, 0.25) is 0 Å². The number of nitrogens with two attached hydrogens (primary N) is 1. The molecular formula is C25H28N2O. The highest BCUT2D eigenvalue weighted by atomic mass is 16.5. The average molecular weight is 373 g/mol. The van der Waals surface area contributed by atoms with Crippen LogP contribution in [0.3, 0.4) is 0 Å². The Morgan fingerprint density at radius 2 is 1.79 bits per heavy atom. The average Bonchev–Trinajstić information content (AvgIpc) is 3.06. The predicted octanol–water partition coefficient (Wildman–Crippen LogP) is 5.89. The molecule has 0 saturated heterocycles. The van der Waals surface area contributed by atoms with E-state index in [-0.39, 0.29) is 0 Å². The SMILES string of the molecule is COc1c(-c2[nH]c3c(C)cc(C)cc3c2CCCCN)ccc2ccccc12. The number of hydrogen-bond acceptors (Lipinski definition) is 2. The van der Waals surface area contributed by atoms with Gasteiger partial charge in [-0.2, -0.15) is 0 Å². The fraction of sp³-hybridized carbons (Fsp3) is 0.280. The molecule has 3 nitrogen and oxygen atoms in total. The molecule has 0 radical (unpaired) electrons. The zero-order chi connectivity index (χ0) is 19.7. The van der Waals surface area contributed by atoms with Gasteiger partial charge < -0.3 is 15.5 Å². The molecule has 1 aromatic heterocycles. The first-order valence-electron chi connectivity index (χ1n) is 10.0. The van der Waals surface area contributed by atoms with E-state index in [9.17, 15) is 0 Å². The van der Waals surface area contributed by atoms with Crippen LogP contribution in [0.4, 0.5) is 0 Å². The number of unbranched alkanes of at least 4 members (excludes halogenated alkanes) is 1. The molecule has 3 aromatic carbocycles. The van der Waals surface area contributed by atoms with E-state index in [2.05, 4.69) is 67.4 Å². The summed E-state index contributed by atoms with van der Waals surface area (Å²) >= 11 is 0. The highest BCUT2D eigenvalue weighted by Crippen LogP contribution is 2.41. The van der Waals surface area contributed by atoms with Gasteiger partial charge in [-0.3, -0.25) is 0 Å². The number of H-pyrrole nitrogens is 1. The molecule has 3 N–H and O–H groups in total. The molecule has 0 spiro atoms. The molecule has 3 heteroatoms. The minimum atomic E-state index is 0.731. The van der Waals surface area contributed by atoms with E-state index in [1.807, 2.05) is 0 Å². The molecule has 0 aliphatic heterocycles. The number of aromatic amines is 1. The minimum absolute atomic E-state index is 0.731. The fourth-order valence-corrected chi connectivity index (χ4v) is 4.30. The molecule has 4 rings (SSSR count). The van der Waals surface area contributed by atoms with Crippen LogP contribution in [0.1, 0.15) is 29.5 Å². The smallest absolute Gasteiger partial charge is 0.136 e. The van der Waals surface area contributed by atoms with Crippen molar-refractivity contribution in [1.29, 1.82) is 0 Å². The molecule has 1 heterocycles. The zero-order valence-corrected chi connectivity index (χ0v) is 16.9. The molecule has 0 fully saturated rings. The summed E-state index contributed by atoms with van der Waals surface area (Å²) in [5, 5.41) is 3.65. The lowest BCUT2D eigenvalue weighted by Crippen LogP contribution is -1.99. The van der Waals surface area contributed by atoms with Gasteiger partial charge in [0.05, 0.1) is 12.8 Å². The lowest BCUT2D eigenvalue weighted by Gasteiger charge is -2.13. The van der Waals surface area contributed by atoms with E-state index in [4.69, 9.17) is 10.5 Å². The molecular weight excluding hydrogens is 344 g/mol. The van der Waals surface area contributed by atoms with E-state index in [1.165, 1.54) is 38.7 Å². The van der Waals surface area contributed by atoms with Crippen LogP contribution in [0, 0.1) is 13.8 Å². The number of aryl methyl sites for hydroxylation is 3. The van der Waals surface area contributed by atoms with Crippen LogP contribution >= 0.6 is 0 Å². The van der Waals surface area contributed by atoms with Gasteiger partial charge in [0.15, 0.2) is 0 Å². The third-order valence-electron chi connectivity index (χ3n) is 5.59. The quantitative estimate of drug-likeness (QED) is 0.414. The molecule has 0 atom stereocenters. The summed E-state index contributed by atoms with van der Waals surface area (Å²) in [6.07, 6.45) is 3.12. The van der Waals surface area contributed by atoms with Crippen molar-refractivity contribution in [1.82, 2.24) is 4.98 Å². The third-order valence-corrected chi connectivity index (χ3v) is 5.59. The standard InChI is InChI=1S/C25H28N2O/c1-16-14-17(2)23-22(15-16)20(10-6-7-13-26)24(27-23)21-12-11-18-8-4-5-9-19(18)25(21)28-3/h4-5,8-9,11-12,14-15,27H,6-7,10,13,26H2,1-3H3. The Morgan fingerprint density at radius 1 is 0.964 bits per heavy atom. The van der Waals surface area contributed by atoms with Gasteiger partial charge in [-0.25, -0.2) is 0 Å². The topological polar surface area (TPSA) is 51.0 Å². The number of nitrogens with one attached hydrogen (secondary N) is 1. The first kappa shape index (κ1) is 18.6. The number of rotatable bonds is 6. The zero-order valence-electron chi connectivity index (χ0n) is 16.9. The highest BCUT2D eigenvalue weighted by molar-refractivity contribution is 5.99. The van der Waals surface area contributed by atoms with Crippen LogP contribution in [0.15, 0.2) is 48.5 Å². The monoisotopic (exact) mass is 372 g/mol. The van der Waals surface area contributed by atoms with Crippen LogP contribution in [-0.2, 0) is 6.42 Å². The van der Waals surface area contributed by atoms with Gasteiger partial charge in [-0.1, -0.05) is 42.0 Å². The van der Waals surface area contributed by atoms with Crippen molar-refractivity contribution in [3.63, 3.8) is 0 Å². The van der Waals surface area contributed by atoms with Crippen molar-refractivity contribution in [2.45, 2.75) is 33.1 Å². The summed E-state index contributed by atoms with van der Waals surface area (Å²) < 4.78 is 5.90. The summed E-state index contributed by atoms with van der Waals surface area (Å²) in [6.45, 7) is 5.07. The van der Waals surface area contributed by atoms with Crippen LogP contribution in [0.5, 0.6) is 5.75 Å². The second kappa shape index (κ2) is 7.69. The van der Waals surface area contributed by atoms with Gasteiger partial charge in [0.1, 0.15) is 5.75 Å². The number of ether oxygens (including phenoxy) is 1. The van der Waals surface area contributed by atoms with E-state index in [0.717, 1.165) is 42.5 Å². The Labute approximate surface area is 166 Å². The largest absolute Gasteiger partial charge is 0.495 e. The number of hydrogen-bond donors (Lipinski definition) is 2. The van der Waals surface area contributed by atoms with Crippen LogP contribution in [0.25, 0.3) is 32.9 Å². The second-order valence-corrected chi connectivity index (χ2v) is 7.60. The van der Waals surface area contributed by atoms with Crippen molar-refractivity contribution in [3.05, 3.63) is 65.2 Å². The molecule has 28 heavy (non-hydrogen) atoms. The van der Waals surface area contributed by atoms with E-state index >= 15 is 0 Å². The predicted molar refractivity (Wildman–Crippen MR) is 119 cm³/mol. The van der Waals surface area contributed by atoms with E-state index in [0.29, 0.717) is 0 Å². The van der Waals surface area contributed by atoms with Crippen LogP contribution in [-0.4, -0.2) is 18.6 Å². The highest BCUT2D eigenvalue weighted by Gasteiger charge is 2.19. The summed E-state index contributed by atoms with van der Waals surface area (Å²) in [7, 11) is 1.76. The van der Waals surface area contributed by atoms with Crippen molar-refractivity contribution >= 4 is 21.7 Å². The van der Waals surface area contributed by atoms with E-state index < -0.39 is 0 Å². The van der Waals surface area contributed by atoms with Gasteiger partial charge in [-0.05, 0) is 68.3 Å². The Bertz CT molecular complexity index is 1140. The summed E-state index contributed by atoms with van der Waals surface area (Å²) in [5.41, 5.74) is 13.2. The first-order valence-corrected chi connectivity index (χ1v) is 10.0. The summed E-state index contributed by atoms with van der Waals surface area (Å²) in [5.74, 6) is 0.930. The number of benzene rings is 3. The van der Waals surface area contributed by atoms with Crippen molar-refractivity contribution < 1.29 is 4.74 Å². The maximum atomic E-state index is 5.90. The Morgan fingerprint density at radius 3 is 2.57 bits per heavy atom. The maximum Gasteiger partial charge on any atom is 0.136 e. The Kier molecular flexibility index (Phi) is 5.10. The molecule has 0 saturated carbocycles. The molecule has 4 aromatic rings. The molecule has 0 amide bonds. The third kappa shape index (κ3) is 3.16. The summed E-state index contributed by atoms with van der Waals surface area (Å²) in [4.78, 5) is 3.73. The van der Waals surface area contributed by atoms with Gasteiger partial charge >= 0.3 is 0 Å². The van der Waals surface area contributed by atoms with Gasteiger partial charge in [0.25, 0.3) is 0 Å². The Balaban J connectivity index is 1.99. The number of aromatic nitrogens is 1. The minimum Gasteiger partial charge on any atom is -0.495 e. The van der Waals surface area contributed by atoms with Crippen molar-refractivity contribution in [3.8, 4) is 17.0 Å². The van der Waals surface area contributed by atoms with Crippen LogP contribution < -0.4 is 10.5 Å². The number of fused-ring (bicyclic) bond motifs is 2. The molecule has 0 aliphatic carbocycles. The summed E-state index contributed by atoms with van der Waals surface area (Å²) in [6, 6.07) is 17.3. The lowest BCUT2D eigenvalue weighted by molar-refractivity contribution is 0.421. The fourth-order valence-electron chi connectivity index (χ4n) is 4.30. The van der Waals surface area contributed by atoms with Crippen LogP contribution in [0.2, 0.25) is 0 Å². The Hall–Kier alpha value is -2.78. The molecule has 0 aliphatic rings. The lowest BCUT2D eigenvalue weighted by atomic mass is 9.96. The van der Waals surface area contributed by atoms with Crippen molar-refractivity contribution in [2.24, 2.45) is 5.73 Å². The van der Waals surface area contributed by atoms with Crippen molar-refractivity contribution in [2.75, 3.05) is 13.7 Å². The molecule has 0 bridgehead atoms. The maximum absolute atomic E-state index is 5.90. The normalized spacial score (nSPS) is 11.4.